The maximum atomic E-state index is 12.7. The van der Waals surface area contributed by atoms with Crippen molar-refractivity contribution >= 4 is 17.7 Å². The quantitative estimate of drug-likeness (QED) is 0.855. The number of hydrogen-bond acceptors (Lipinski definition) is 4. The Kier molecular flexibility index (Phi) is 5.17. The summed E-state index contributed by atoms with van der Waals surface area (Å²) < 4.78 is 0. The summed E-state index contributed by atoms with van der Waals surface area (Å²) in [5.41, 5.74) is 1.11. The molecule has 0 radical (unpaired) electrons. The molecule has 3 rings (SSSR count). The fourth-order valence-corrected chi connectivity index (χ4v) is 3.76. The zero-order valence-electron chi connectivity index (χ0n) is 12.3. The van der Waals surface area contributed by atoms with Gasteiger partial charge >= 0.3 is 0 Å². The van der Waals surface area contributed by atoms with Gasteiger partial charge in [-0.25, -0.2) is 0 Å². The molecule has 21 heavy (non-hydrogen) atoms. The maximum Gasteiger partial charge on any atom is 0.241 e. The highest BCUT2D eigenvalue weighted by atomic mass is 32.2. The first kappa shape index (κ1) is 14.9. The molecule has 2 aliphatic heterocycles. The number of rotatable bonds is 5. The van der Waals surface area contributed by atoms with E-state index in [0.29, 0.717) is 5.92 Å². The van der Waals surface area contributed by atoms with Gasteiger partial charge in [-0.1, -0.05) is 30.3 Å². The minimum absolute atomic E-state index is 0.139. The summed E-state index contributed by atoms with van der Waals surface area (Å²) in [6, 6.07) is 10.0. The van der Waals surface area contributed by atoms with Crippen molar-refractivity contribution in [2.45, 2.75) is 6.04 Å². The second kappa shape index (κ2) is 7.29. The Morgan fingerprint density at radius 2 is 2.00 bits per heavy atom. The van der Waals surface area contributed by atoms with Crippen molar-refractivity contribution in [2.75, 3.05) is 44.2 Å². The van der Waals surface area contributed by atoms with Crippen LogP contribution in [0.4, 0.5) is 0 Å². The third-order valence-corrected chi connectivity index (χ3v) is 5.15. The fourth-order valence-electron chi connectivity index (χ4n) is 2.83. The van der Waals surface area contributed by atoms with Crippen LogP contribution in [0, 0.1) is 5.92 Å². The van der Waals surface area contributed by atoms with Crippen molar-refractivity contribution < 1.29 is 4.79 Å². The molecule has 0 spiro atoms. The number of amides is 1. The molecule has 5 heteroatoms. The lowest BCUT2D eigenvalue weighted by Crippen LogP contribution is -2.50. The molecule has 2 aliphatic rings. The molecule has 4 nitrogen and oxygen atoms in total. The molecule has 1 atom stereocenters. The van der Waals surface area contributed by atoms with Crippen molar-refractivity contribution in [2.24, 2.45) is 5.92 Å². The van der Waals surface area contributed by atoms with E-state index in [2.05, 4.69) is 27.7 Å². The third kappa shape index (κ3) is 3.78. The van der Waals surface area contributed by atoms with Gasteiger partial charge in [-0.3, -0.25) is 9.69 Å². The largest absolute Gasteiger partial charge is 0.354 e. The highest BCUT2D eigenvalue weighted by Gasteiger charge is 2.29. The van der Waals surface area contributed by atoms with Crippen LogP contribution in [0.15, 0.2) is 30.3 Å². The first-order chi connectivity index (χ1) is 10.3. The first-order valence-corrected chi connectivity index (χ1v) is 8.85. The molecule has 1 amide bonds. The van der Waals surface area contributed by atoms with E-state index in [-0.39, 0.29) is 11.9 Å². The Balaban J connectivity index is 1.69. The lowest BCUT2D eigenvalue weighted by Gasteiger charge is -2.34. The van der Waals surface area contributed by atoms with E-state index < -0.39 is 0 Å². The van der Waals surface area contributed by atoms with Gasteiger partial charge in [-0.2, -0.15) is 11.8 Å². The second-order valence-corrected chi connectivity index (χ2v) is 6.96. The number of carbonyl (C=O) groups is 1. The Labute approximate surface area is 130 Å². The zero-order valence-corrected chi connectivity index (χ0v) is 13.1. The summed E-state index contributed by atoms with van der Waals surface area (Å²) in [5.74, 6) is 2.98. The molecule has 1 unspecified atom stereocenters. The molecule has 1 aromatic carbocycles. The summed E-state index contributed by atoms with van der Waals surface area (Å²) in [6.07, 6.45) is 0. The maximum absolute atomic E-state index is 12.7. The van der Waals surface area contributed by atoms with E-state index in [9.17, 15) is 4.79 Å². The molecule has 0 aliphatic carbocycles. The van der Waals surface area contributed by atoms with Crippen LogP contribution in [0.1, 0.15) is 11.6 Å². The van der Waals surface area contributed by atoms with E-state index in [1.165, 1.54) is 0 Å². The van der Waals surface area contributed by atoms with Gasteiger partial charge in [0.25, 0.3) is 0 Å². The molecule has 0 saturated carbocycles. The molecule has 0 bridgehead atoms. The predicted octanol–water partition coefficient (Wildman–Crippen LogP) is 1.11. The van der Waals surface area contributed by atoms with Crippen molar-refractivity contribution in [3.63, 3.8) is 0 Å². The molecule has 114 valence electrons. The normalized spacial score (nSPS) is 21.5. The molecular weight excluding hydrogens is 282 g/mol. The van der Waals surface area contributed by atoms with Gasteiger partial charge in [0.05, 0.1) is 0 Å². The summed E-state index contributed by atoms with van der Waals surface area (Å²) >= 11 is 1.97. The molecule has 2 heterocycles. The highest BCUT2D eigenvalue weighted by molar-refractivity contribution is 7.99. The molecule has 2 N–H and O–H groups in total. The molecule has 2 saturated heterocycles. The van der Waals surface area contributed by atoms with Crippen LogP contribution < -0.4 is 10.6 Å². The fraction of sp³-hybridized carbons (Fsp3) is 0.562. The second-order valence-electron chi connectivity index (χ2n) is 5.73. The Morgan fingerprint density at radius 3 is 2.62 bits per heavy atom. The van der Waals surface area contributed by atoms with Crippen LogP contribution >= 0.6 is 11.8 Å². The molecule has 2 fully saturated rings. The average molecular weight is 305 g/mol. The Morgan fingerprint density at radius 1 is 1.29 bits per heavy atom. The standard InChI is InChI=1S/C16H23N3OS/c20-16(18-12-13-10-17-11-13)15(14-4-2-1-3-5-14)19-6-8-21-9-7-19/h1-5,13,15,17H,6-12H2,(H,18,20). The van der Waals surface area contributed by atoms with Crippen molar-refractivity contribution in [1.29, 1.82) is 0 Å². The van der Waals surface area contributed by atoms with Crippen LogP contribution in [0.2, 0.25) is 0 Å². The highest BCUT2D eigenvalue weighted by Crippen LogP contribution is 2.24. The smallest absolute Gasteiger partial charge is 0.241 e. The molecular formula is C16H23N3OS. The van der Waals surface area contributed by atoms with Gasteiger partial charge < -0.3 is 10.6 Å². The van der Waals surface area contributed by atoms with E-state index in [0.717, 1.165) is 49.8 Å². The monoisotopic (exact) mass is 305 g/mol. The van der Waals surface area contributed by atoms with Crippen LogP contribution in [0.25, 0.3) is 0 Å². The number of thioether (sulfide) groups is 1. The molecule has 0 aromatic heterocycles. The van der Waals surface area contributed by atoms with Gasteiger partial charge in [0.2, 0.25) is 5.91 Å². The Hall–Kier alpha value is -1.04. The van der Waals surface area contributed by atoms with E-state index in [4.69, 9.17) is 0 Å². The third-order valence-electron chi connectivity index (χ3n) is 4.21. The molecule has 1 aromatic rings. The van der Waals surface area contributed by atoms with Crippen LogP contribution in [0.3, 0.4) is 0 Å². The van der Waals surface area contributed by atoms with Crippen LogP contribution in [-0.2, 0) is 4.79 Å². The van der Waals surface area contributed by atoms with Gasteiger partial charge in [-0.15, -0.1) is 0 Å². The number of nitrogens with zero attached hydrogens (tertiary/aromatic N) is 1. The topological polar surface area (TPSA) is 44.4 Å². The van der Waals surface area contributed by atoms with Crippen molar-refractivity contribution in [1.82, 2.24) is 15.5 Å². The number of benzene rings is 1. The van der Waals surface area contributed by atoms with E-state index in [1.807, 2.05) is 30.0 Å². The summed E-state index contributed by atoms with van der Waals surface area (Å²) in [5, 5.41) is 6.40. The predicted molar refractivity (Wildman–Crippen MR) is 87.5 cm³/mol. The first-order valence-electron chi connectivity index (χ1n) is 7.70. The lowest BCUT2D eigenvalue weighted by atomic mass is 10.0. The summed E-state index contributed by atoms with van der Waals surface area (Å²) in [7, 11) is 0. The summed E-state index contributed by atoms with van der Waals surface area (Å²) in [4.78, 5) is 15.0. The van der Waals surface area contributed by atoms with Crippen LogP contribution in [0.5, 0.6) is 0 Å². The average Bonchev–Trinajstić information content (AvgIpc) is 2.48. The minimum Gasteiger partial charge on any atom is -0.354 e. The van der Waals surface area contributed by atoms with Crippen LogP contribution in [-0.4, -0.2) is 55.0 Å². The van der Waals surface area contributed by atoms with Gasteiger partial charge in [-0.05, 0) is 5.56 Å². The number of hydrogen-bond donors (Lipinski definition) is 2. The van der Waals surface area contributed by atoms with Gasteiger partial charge in [0.15, 0.2) is 0 Å². The van der Waals surface area contributed by atoms with E-state index in [1.54, 1.807) is 0 Å². The minimum atomic E-state index is -0.139. The Bertz CT molecular complexity index is 458. The summed E-state index contributed by atoms with van der Waals surface area (Å²) in [6.45, 7) is 4.82. The number of carbonyl (C=O) groups excluding carboxylic acids is 1. The van der Waals surface area contributed by atoms with Crippen molar-refractivity contribution in [3.8, 4) is 0 Å². The van der Waals surface area contributed by atoms with E-state index >= 15 is 0 Å². The number of nitrogens with one attached hydrogen (secondary N) is 2. The lowest BCUT2D eigenvalue weighted by molar-refractivity contribution is -0.126. The zero-order chi connectivity index (χ0) is 14.5. The van der Waals surface area contributed by atoms with Gasteiger partial charge in [0, 0.05) is 50.1 Å². The SMILES string of the molecule is O=C(NCC1CNC1)C(c1ccccc1)N1CCSCC1. The van der Waals surface area contributed by atoms with Gasteiger partial charge in [0.1, 0.15) is 6.04 Å². The van der Waals surface area contributed by atoms with Crippen molar-refractivity contribution in [3.05, 3.63) is 35.9 Å².